The van der Waals surface area contributed by atoms with Gasteiger partial charge in [-0.2, -0.15) is 0 Å². The lowest BCUT2D eigenvalue weighted by atomic mass is 9.98. The molecule has 1 aromatic carbocycles. The maximum Gasteiger partial charge on any atom is 0.248 e. The van der Waals surface area contributed by atoms with E-state index in [1.807, 2.05) is 25.3 Å². The van der Waals surface area contributed by atoms with Crippen LogP contribution in [-0.2, 0) is 0 Å². The van der Waals surface area contributed by atoms with Crippen LogP contribution in [0.25, 0.3) is 22.2 Å². The summed E-state index contributed by atoms with van der Waals surface area (Å²) in [4.78, 5) is 19.2. The molecule has 110 valence electrons. The first-order chi connectivity index (χ1) is 10.6. The van der Waals surface area contributed by atoms with E-state index in [1.54, 1.807) is 6.07 Å². The number of amides is 1. The zero-order valence-electron chi connectivity index (χ0n) is 12.4. The number of rotatable bonds is 3. The molecule has 3 aromatic rings. The fourth-order valence-electron chi connectivity index (χ4n) is 2.99. The number of aryl methyl sites for hydroxylation is 1. The Hall–Kier alpha value is -2.62. The molecule has 2 aromatic heterocycles. The van der Waals surface area contributed by atoms with Crippen LogP contribution in [0.5, 0.6) is 0 Å². The topological polar surface area (TPSA) is 71.8 Å². The molecule has 0 spiro atoms. The van der Waals surface area contributed by atoms with E-state index < -0.39 is 5.91 Å². The maximum atomic E-state index is 11.4. The molecular weight excluding hydrogens is 274 g/mol. The number of fused-ring (bicyclic) bond motifs is 1. The van der Waals surface area contributed by atoms with E-state index in [0.717, 1.165) is 22.3 Å². The summed E-state index contributed by atoms with van der Waals surface area (Å²) in [5, 5.41) is 1.18. The van der Waals surface area contributed by atoms with Gasteiger partial charge in [-0.15, -0.1) is 0 Å². The third kappa shape index (κ3) is 2.08. The molecule has 3 N–H and O–H groups in total. The number of nitrogens with one attached hydrogen (secondary N) is 1. The SMILES string of the molecule is Cc1ccc(C(N)=O)cc1-c1cnc2[nH]cc(C3CC3)c2c1. The van der Waals surface area contributed by atoms with Gasteiger partial charge >= 0.3 is 0 Å². The number of benzene rings is 1. The molecule has 1 fully saturated rings. The number of carbonyl (C=O) groups is 1. The molecule has 0 bridgehead atoms. The van der Waals surface area contributed by atoms with Crippen molar-refractivity contribution in [1.82, 2.24) is 9.97 Å². The molecule has 4 nitrogen and oxygen atoms in total. The highest BCUT2D eigenvalue weighted by Gasteiger charge is 2.26. The van der Waals surface area contributed by atoms with E-state index >= 15 is 0 Å². The Morgan fingerprint density at radius 2 is 2.14 bits per heavy atom. The molecule has 1 saturated carbocycles. The fraction of sp³-hybridized carbons (Fsp3) is 0.222. The number of pyridine rings is 1. The minimum Gasteiger partial charge on any atom is -0.366 e. The van der Waals surface area contributed by atoms with Gasteiger partial charge in [-0.3, -0.25) is 4.79 Å². The number of hydrogen-bond donors (Lipinski definition) is 2. The van der Waals surface area contributed by atoms with Crippen molar-refractivity contribution in [2.45, 2.75) is 25.7 Å². The minimum absolute atomic E-state index is 0.407. The van der Waals surface area contributed by atoms with Gasteiger partial charge in [0.05, 0.1) is 0 Å². The summed E-state index contributed by atoms with van der Waals surface area (Å²) >= 11 is 0. The van der Waals surface area contributed by atoms with Crippen LogP contribution in [0.3, 0.4) is 0 Å². The van der Waals surface area contributed by atoms with Crippen LogP contribution in [-0.4, -0.2) is 15.9 Å². The van der Waals surface area contributed by atoms with Crippen molar-refractivity contribution in [3.05, 3.63) is 53.3 Å². The monoisotopic (exact) mass is 291 g/mol. The maximum absolute atomic E-state index is 11.4. The minimum atomic E-state index is -0.407. The van der Waals surface area contributed by atoms with Gasteiger partial charge in [0.15, 0.2) is 0 Å². The Morgan fingerprint density at radius 3 is 2.86 bits per heavy atom. The van der Waals surface area contributed by atoms with E-state index in [9.17, 15) is 4.79 Å². The molecule has 4 rings (SSSR count). The van der Waals surface area contributed by atoms with E-state index in [4.69, 9.17) is 5.73 Å². The average Bonchev–Trinajstić information content (AvgIpc) is 3.27. The molecule has 0 unspecified atom stereocenters. The number of nitrogens with two attached hydrogens (primary N) is 1. The second kappa shape index (κ2) is 4.70. The number of nitrogens with zero attached hydrogens (tertiary/aromatic N) is 1. The zero-order valence-corrected chi connectivity index (χ0v) is 12.4. The van der Waals surface area contributed by atoms with Crippen molar-refractivity contribution in [2.24, 2.45) is 5.73 Å². The Morgan fingerprint density at radius 1 is 1.32 bits per heavy atom. The third-order valence-electron chi connectivity index (χ3n) is 4.41. The van der Waals surface area contributed by atoms with Crippen molar-refractivity contribution in [1.29, 1.82) is 0 Å². The number of carbonyl (C=O) groups excluding carboxylic acids is 1. The third-order valence-corrected chi connectivity index (χ3v) is 4.41. The van der Waals surface area contributed by atoms with Crippen LogP contribution < -0.4 is 5.73 Å². The number of aromatic nitrogens is 2. The van der Waals surface area contributed by atoms with Gasteiger partial charge in [0, 0.05) is 28.9 Å². The molecule has 0 radical (unpaired) electrons. The van der Waals surface area contributed by atoms with E-state index in [2.05, 4.69) is 22.2 Å². The van der Waals surface area contributed by atoms with E-state index in [-0.39, 0.29) is 0 Å². The lowest BCUT2D eigenvalue weighted by Gasteiger charge is -2.08. The van der Waals surface area contributed by atoms with Crippen LogP contribution in [0.15, 0.2) is 36.7 Å². The molecule has 0 atom stereocenters. The smallest absolute Gasteiger partial charge is 0.248 e. The van der Waals surface area contributed by atoms with Gasteiger partial charge < -0.3 is 10.7 Å². The van der Waals surface area contributed by atoms with Crippen LogP contribution in [0.4, 0.5) is 0 Å². The average molecular weight is 291 g/mol. The highest BCUT2D eigenvalue weighted by molar-refractivity contribution is 5.95. The van der Waals surface area contributed by atoms with Gasteiger partial charge in [-0.05, 0) is 60.6 Å². The molecule has 22 heavy (non-hydrogen) atoms. The zero-order chi connectivity index (χ0) is 15.3. The van der Waals surface area contributed by atoms with Crippen molar-refractivity contribution >= 4 is 16.9 Å². The first-order valence-electron chi connectivity index (χ1n) is 7.51. The summed E-state index contributed by atoms with van der Waals surface area (Å²) < 4.78 is 0. The number of aromatic amines is 1. The highest BCUT2D eigenvalue weighted by atomic mass is 16.1. The molecule has 1 amide bonds. The second-order valence-electron chi connectivity index (χ2n) is 6.03. The van der Waals surface area contributed by atoms with Crippen molar-refractivity contribution in [3.63, 3.8) is 0 Å². The van der Waals surface area contributed by atoms with E-state index in [0.29, 0.717) is 11.5 Å². The summed E-state index contributed by atoms with van der Waals surface area (Å²) in [6.07, 6.45) is 6.44. The Labute approximate surface area is 128 Å². The first kappa shape index (κ1) is 13.1. The lowest BCUT2D eigenvalue weighted by Crippen LogP contribution is -2.10. The van der Waals surface area contributed by atoms with Gasteiger partial charge in [-0.25, -0.2) is 4.98 Å². The summed E-state index contributed by atoms with van der Waals surface area (Å²) in [7, 11) is 0. The summed E-state index contributed by atoms with van der Waals surface area (Å²) in [5.74, 6) is 0.263. The number of hydrogen-bond acceptors (Lipinski definition) is 2. The quantitative estimate of drug-likeness (QED) is 0.775. The predicted molar refractivity (Wildman–Crippen MR) is 86.8 cm³/mol. The van der Waals surface area contributed by atoms with Crippen molar-refractivity contribution in [3.8, 4) is 11.1 Å². The number of primary amides is 1. The van der Waals surface area contributed by atoms with Crippen LogP contribution in [0.1, 0.15) is 40.2 Å². The molecule has 2 heterocycles. The van der Waals surface area contributed by atoms with Gasteiger partial charge in [0.25, 0.3) is 0 Å². The van der Waals surface area contributed by atoms with Crippen LogP contribution in [0.2, 0.25) is 0 Å². The van der Waals surface area contributed by atoms with Crippen molar-refractivity contribution in [2.75, 3.05) is 0 Å². The predicted octanol–water partition coefficient (Wildman–Crippen LogP) is 3.51. The van der Waals surface area contributed by atoms with Gasteiger partial charge in [0.2, 0.25) is 5.91 Å². The van der Waals surface area contributed by atoms with Crippen LogP contribution in [0, 0.1) is 6.92 Å². The van der Waals surface area contributed by atoms with Gasteiger partial charge in [-0.1, -0.05) is 6.07 Å². The normalized spacial score (nSPS) is 14.4. The molecule has 1 aliphatic rings. The van der Waals surface area contributed by atoms with Gasteiger partial charge in [0.1, 0.15) is 5.65 Å². The molecule has 0 saturated heterocycles. The van der Waals surface area contributed by atoms with E-state index in [1.165, 1.54) is 23.8 Å². The summed E-state index contributed by atoms with van der Waals surface area (Å²) in [5.41, 5.74) is 11.3. The summed E-state index contributed by atoms with van der Waals surface area (Å²) in [6, 6.07) is 7.71. The number of H-pyrrole nitrogens is 1. The Kier molecular flexibility index (Phi) is 2.79. The first-order valence-corrected chi connectivity index (χ1v) is 7.51. The highest BCUT2D eigenvalue weighted by Crippen LogP contribution is 2.43. The van der Waals surface area contributed by atoms with Crippen LogP contribution >= 0.6 is 0 Å². The Balaban J connectivity index is 1.88. The molecule has 1 aliphatic carbocycles. The lowest BCUT2D eigenvalue weighted by molar-refractivity contribution is 0.100. The standard InChI is InChI=1S/C18H17N3O/c1-10-2-3-12(17(19)22)6-14(10)13-7-15-16(11-4-5-11)9-21-18(15)20-8-13/h2-3,6-9,11H,4-5H2,1H3,(H2,19,22)(H,20,21). The fourth-order valence-corrected chi connectivity index (χ4v) is 2.99. The molecule has 4 heteroatoms. The molecular formula is C18H17N3O. The molecule has 0 aliphatic heterocycles. The largest absolute Gasteiger partial charge is 0.366 e. The summed E-state index contributed by atoms with van der Waals surface area (Å²) in [6.45, 7) is 2.03. The van der Waals surface area contributed by atoms with Crippen molar-refractivity contribution < 1.29 is 4.79 Å². The Bertz CT molecular complexity index is 890. The second-order valence-corrected chi connectivity index (χ2v) is 6.03.